The number of nitrogens with zero attached hydrogens (tertiary/aromatic N) is 2. The summed E-state index contributed by atoms with van der Waals surface area (Å²) in [6, 6.07) is 14.7. The number of halogens is 1. The van der Waals surface area contributed by atoms with E-state index in [0.717, 1.165) is 21.6 Å². The van der Waals surface area contributed by atoms with E-state index in [1.807, 2.05) is 41.9 Å². The molecule has 0 radical (unpaired) electrons. The smallest absolute Gasteiger partial charge is 0.265 e. The van der Waals surface area contributed by atoms with Gasteiger partial charge in [0.25, 0.3) is 5.91 Å². The fourth-order valence-electron chi connectivity index (χ4n) is 3.23. The van der Waals surface area contributed by atoms with Crippen LogP contribution in [0.5, 0.6) is 11.5 Å². The molecule has 2 aromatic heterocycles. The van der Waals surface area contributed by atoms with Gasteiger partial charge in [-0.2, -0.15) is 5.10 Å². The molecule has 1 aliphatic heterocycles. The van der Waals surface area contributed by atoms with E-state index in [0.29, 0.717) is 40.3 Å². The molecule has 0 aliphatic carbocycles. The monoisotopic (exact) mass is 425 g/mol. The SMILES string of the molecule is Cc1nn(-c2ccc(Cl)cc2)c2sc(C(=O)Nc3ccc4c(c3)OCCO4)cc12. The van der Waals surface area contributed by atoms with E-state index in [1.54, 1.807) is 18.2 Å². The number of aryl methyl sites for hydroxylation is 1. The van der Waals surface area contributed by atoms with E-state index in [1.165, 1.54) is 11.3 Å². The number of thiophene rings is 1. The van der Waals surface area contributed by atoms with Gasteiger partial charge >= 0.3 is 0 Å². The van der Waals surface area contributed by atoms with Gasteiger partial charge in [-0.25, -0.2) is 4.68 Å². The molecule has 2 aromatic carbocycles. The number of anilines is 1. The summed E-state index contributed by atoms with van der Waals surface area (Å²) in [6.07, 6.45) is 0. The van der Waals surface area contributed by atoms with E-state index in [-0.39, 0.29) is 5.91 Å². The maximum Gasteiger partial charge on any atom is 0.265 e. The largest absolute Gasteiger partial charge is 0.486 e. The van der Waals surface area contributed by atoms with Crippen LogP contribution >= 0.6 is 22.9 Å². The molecule has 146 valence electrons. The Balaban J connectivity index is 1.45. The van der Waals surface area contributed by atoms with Crippen molar-refractivity contribution >= 4 is 44.7 Å². The van der Waals surface area contributed by atoms with E-state index >= 15 is 0 Å². The van der Waals surface area contributed by atoms with Crippen LogP contribution in [0.1, 0.15) is 15.4 Å². The van der Waals surface area contributed by atoms with Crippen LogP contribution in [0.4, 0.5) is 5.69 Å². The minimum absolute atomic E-state index is 0.176. The number of carbonyl (C=O) groups is 1. The van der Waals surface area contributed by atoms with Gasteiger partial charge in [-0.05, 0) is 49.4 Å². The number of carbonyl (C=O) groups excluding carboxylic acids is 1. The second kappa shape index (κ2) is 7.09. The zero-order valence-electron chi connectivity index (χ0n) is 15.4. The van der Waals surface area contributed by atoms with E-state index in [9.17, 15) is 4.79 Å². The first kappa shape index (κ1) is 18.0. The molecule has 8 heteroatoms. The summed E-state index contributed by atoms with van der Waals surface area (Å²) in [7, 11) is 0. The third-order valence-corrected chi connectivity index (χ3v) is 6.00. The summed E-state index contributed by atoms with van der Waals surface area (Å²) in [5, 5.41) is 9.16. The van der Waals surface area contributed by atoms with Crippen molar-refractivity contribution in [3.8, 4) is 17.2 Å². The van der Waals surface area contributed by atoms with E-state index in [4.69, 9.17) is 21.1 Å². The second-order valence-corrected chi connectivity index (χ2v) is 8.08. The molecule has 1 amide bonds. The molecule has 3 heterocycles. The van der Waals surface area contributed by atoms with Crippen molar-refractivity contribution in [1.82, 2.24) is 9.78 Å². The second-order valence-electron chi connectivity index (χ2n) is 6.62. The molecular weight excluding hydrogens is 410 g/mol. The van der Waals surface area contributed by atoms with Crippen molar-refractivity contribution in [3.63, 3.8) is 0 Å². The van der Waals surface area contributed by atoms with Gasteiger partial charge in [0.2, 0.25) is 0 Å². The molecular formula is C21H16ClN3O3S. The molecule has 0 saturated carbocycles. The number of hydrogen-bond donors (Lipinski definition) is 1. The molecule has 0 unspecified atom stereocenters. The average Bonchev–Trinajstić information content (AvgIpc) is 3.29. The molecule has 29 heavy (non-hydrogen) atoms. The molecule has 1 N–H and O–H groups in total. The molecule has 1 aliphatic rings. The van der Waals surface area contributed by atoms with Crippen LogP contribution in [0.15, 0.2) is 48.5 Å². The summed E-state index contributed by atoms with van der Waals surface area (Å²) >= 11 is 7.39. The molecule has 0 saturated heterocycles. The van der Waals surface area contributed by atoms with Crippen LogP contribution in [-0.4, -0.2) is 28.9 Å². The molecule has 4 aromatic rings. The summed E-state index contributed by atoms with van der Waals surface area (Å²) < 4.78 is 12.9. The number of fused-ring (bicyclic) bond motifs is 2. The van der Waals surface area contributed by atoms with Crippen molar-refractivity contribution in [2.75, 3.05) is 18.5 Å². The van der Waals surface area contributed by atoms with Gasteiger partial charge in [0.1, 0.15) is 18.0 Å². The van der Waals surface area contributed by atoms with Gasteiger partial charge in [-0.3, -0.25) is 4.79 Å². The quantitative estimate of drug-likeness (QED) is 0.497. The maximum absolute atomic E-state index is 12.8. The zero-order valence-corrected chi connectivity index (χ0v) is 17.0. The third kappa shape index (κ3) is 3.32. The Bertz CT molecular complexity index is 1230. The Labute approximate surface area is 175 Å². The van der Waals surface area contributed by atoms with Crippen LogP contribution < -0.4 is 14.8 Å². The zero-order chi connectivity index (χ0) is 20.0. The number of ether oxygens (including phenoxy) is 2. The summed E-state index contributed by atoms with van der Waals surface area (Å²) in [4.78, 5) is 14.4. The fourth-order valence-corrected chi connectivity index (χ4v) is 4.43. The topological polar surface area (TPSA) is 65.4 Å². The lowest BCUT2D eigenvalue weighted by Gasteiger charge is -2.18. The Morgan fingerprint density at radius 3 is 2.66 bits per heavy atom. The standard InChI is InChI=1S/C21H16ClN3O3S/c1-12-16-11-19(29-21(16)25(24-12)15-5-2-13(22)3-6-15)20(26)23-14-4-7-17-18(10-14)28-9-8-27-17/h2-7,10-11H,8-9H2,1H3,(H,23,26). The van der Waals surface area contributed by atoms with Gasteiger partial charge in [0.15, 0.2) is 11.5 Å². The van der Waals surface area contributed by atoms with E-state index in [2.05, 4.69) is 10.4 Å². The minimum atomic E-state index is -0.176. The van der Waals surface area contributed by atoms with Gasteiger partial charge < -0.3 is 14.8 Å². The van der Waals surface area contributed by atoms with Gasteiger partial charge in [0.05, 0.1) is 16.3 Å². The average molecular weight is 426 g/mol. The maximum atomic E-state index is 12.8. The first-order chi connectivity index (χ1) is 14.1. The molecule has 0 atom stereocenters. The minimum Gasteiger partial charge on any atom is -0.486 e. The van der Waals surface area contributed by atoms with Crippen molar-refractivity contribution in [3.05, 3.63) is 64.1 Å². The highest BCUT2D eigenvalue weighted by Crippen LogP contribution is 2.34. The normalized spacial score (nSPS) is 12.9. The molecule has 0 spiro atoms. The van der Waals surface area contributed by atoms with Crippen LogP contribution in [0, 0.1) is 6.92 Å². The number of hydrogen-bond acceptors (Lipinski definition) is 5. The Morgan fingerprint density at radius 1 is 1.10 bits per heavy atom. The Kier molecular flexibility index (Phi) is 4.41. The third-order valence-electron chi connectivity index (χ3n) is 4.64. The van der Waals surface area contributed by atoms with Crippen molar-refractivity contribution in [2.45, 2.75) is 6.92 Å². The van der Waals surface area contributed by atoms with Crippen LogP contribution in [0.25, 0.3) is 15.9 Å². The highest BCUT2D eigenvalue weighted by molar-refractivity contribution is 7.20. The molecule has 0 bridgehead atoms. The first-order valence-corrected chi connectivity index (χ1v) is 10.2. The highest BCUT2D eigenvalue weighted by atomic mass is 35.5. The molecule has 6 nitrogen and oxygen atoms in total. The van der Waals surface area contributed by atoms with Crippen molar-refractivity contribution in [2.24, 2.45) is 0 Å². The molecule has 5 rings (SSSR count). The summed E-state index contributed by atoms with van der Waals surface area (Å²) in [5.74, 6) is 1.15. The molecule has 0 fully saturated rings. The number of nitrogens with one attached hydrogen (secondary N) is 1. The van der Waals surface area contributed by atoms with Gasteiger partial charge in [-0.1, -0.05) is 11.6 Å². The van der Waals surface area contributed by atoms with Gasteiger partial charge in [-0.15, -0.1) is 11.3 Å². The van der Waals surface area contributed by atoms with Gasteiger partial charge in [0, 0.05) is 22.2 Å². The lowest BCUT2D eigenvalue weighted by atomic mass is 10.2. The lowest BCUT2D eigenvalue weighted by molar-refractivity contribution is 0.103. The van der Waals surface area contributed by atoms with Crippen molar-refractivity contribution < 1.29 is 14.3 Å². The number of rotatable bonds is 3. The lowest BCUT2D eigenvalue weighted by Crippen LogP contribution is -2.16. The number of benzene rings is 2. The summed E-state index contributed by atoms with van der Waals surface area (Å²) in [6.45, 7) is 2.97. The Hall–Kier alpha value is -3.03. The summed E-state index contributed by atoms with van der Waals surface area (Å²) in [5.41, 5.74) is 2.42. The first-order valence-electron chi connectivity index (χ1n) is 9.04. The fraction of sp³-hybridized carbons (Fsp3) is 0.143. The predicted octanol–water partition coefficient (Wildman–Crippen LogP) is 5.07. The highest BCUT2D eigenvalue weighted by Gasteiger charge is 2.18. The Morgan fingerprint density at radius 2 is 1.86 bits per heavy atom. The van der Waals surface area contributed by atoms with Crippen LogP contribution in [0.2, 0.25) is 5.02 Å². The van der Waals surface area contributed by atoms with Crippen molar-refractivity contribution in [1.29, 1.82) is 0 Å². The van der Waals surface area contributed by atoms with Crippen LogP contribution in [-0.2, 0) is 0 Å². The predicted molar refractivity (Wildman–Crippen MR) is 114 cm³/mol. The van der Waals surface area contributed by atoms with E-state index < -0.39 is 0 Å². The number of aromatic nitrogens is 2. The van der Waals surface area contributed by atoms with Crippen LogP contribution in [0.3, 0.4) is 0 Å². The number of amides is 1.